The number of anilines is 1. The highest BCUT2D eigenvalue weighted by molar-refractivity contribution is 5.64. The van der Waals surface area contributed by atoms with Crippen molar-refractivity contribution in [3.8, 4) is 11.8 Å². The van der Waals surface area contributed by atoms with Crippen LogP contribution in [0.5, 0.6) is 5.75 Å². The van der Waals surface area contributed by atoms with Crippen molar-refractivity contribution in [3.63, 3.8) is 0 Å². The molecule has 92 valence electrons. The van der Waals surface area contributed by atoms with Crippen molar-refractivity contribution in [3.05, 3.63) is 23.3 Å². The Morgan fingerprint density at radius 2 is 2.06 bits per heavy atom. The number of nitrogens with zero attached hydrogens (tertiary/aromatic N) is 1. The van der Waals surface area contributed by atoms with Gasteiger partial charge in [-0.2, -0.15) is 18.4 Å². The van der Waals surface area contributed by atoms with Crippen molar-refractivity contribution in [1.29, 1.82) is 5.26 Å². The van der Waals surface area contributed by atoms with Gasteiger partial charge in [-0.1, -0.05) is 0 Å². The van der Waals surface area contributed by atoms with Crippen LogP contribution in [0, 0.1) is 11.3 Å². The topological polar surface area (TPSA) is 79.3 Å². The molecule has 0 spiro atoms. The minimum Gasteiger partial charge on any atom is -0.489 e. The number of nitriles is 1. The molecule has 0 aliphatic carbocycles. The van der Waals surface area contributed by atoms with Crippen LogP contribution in [0.3, 0.4) is 0 Å². The molecule has 0 aromatic heterocycles. The highest BCUT2D eigenvalue weighted by Crippen LogP contribution is 2.39. The third-order valence-corrected chi connectivity index (χ3v) is 1.94. The van der Waals surface area contributed by atoms with E-state index in [1.807, 2.05) is 0 Å². The van der Waals surface area contributed by atoms with E-state index >= 15 is 0 Å². The molecule has 0 amide bonds. The molecule has 0 radical (unpaired) electrons. The lowest BCUT2D eigenvalue weighted by Crippen LogP contribution is -2.13. The smallest absolute Gasteiger partial charge is 0.420 e. The van der Waals surface area contributed by atoms with Gasteiger partial charge in [0.1, 0.15) is 18.2 Å². The van der Waals surface area contributed by atoms with Gasteiger partial charge in [-0.25, -0.2) is 0 Å². The van der Waals surface area contributed by atoms with Crippen molar-refractivity contribution in [2.75, 3.05) is 18.9 Å². The number of nitrogen functional groups attached to an aromatic ring is 1. The second-order valence-electron chi connectivity index (χ2n) is 3.09. The van der Waals surface area contributed by atoms with E-state index in [9.17, 15) is 13.2 Å². The summed E-state index contributed by atoms with van der Waals surface area (Å²) in [6, 6.07) is 3.29. The summed E-state index contributed by atoms with van der Waals surface area (Å²) in [7, 11) is 0. The largest absolute Gasteiger partial charge is 0.489 e. The van der Waals surface area contributed by atoms with Crippen LogP contribution in [0.25, 0.3) is 0 Å². The molecule has 4 nitrogen and oxygen atoms in total. The molecule has 3 N–H and O–H groups in total. The standard InChI is InChI=1S/C10H9F3N2O2/c11-10(12,13)7-1-2-8(15)6(5-14)9(7)17-4-3-16/h1-2,16H,3-4,15H2. The average Bonchev–Trinajstić information content (AvgIpc) is 2.24. The van der Waals surface area contributed by atoms with E-state index in [4.69, 9.17) is 20.8 Å². The van der Waals surface area contributed by atoms with Crippen LogP contribution >= 0.6 is 0 Å². The zero-order valence-electron chi connectivity index (χ0n) is 8.58. The Hall–Kier alpha value is -1.94. The molecule has 1 aromatic rings. The molecule has 0 atom stereocenters. The monoisotopic (exact) mass is 246 g/mol. The van der Waals surface area contributed by atoms with Crippen molar-refractivity contribution in [2.45, 2.75) is 6.18 Å². The van der Waals surface area contributed by atoms with Crippen LogP contribution in [0.2, 0.25) is 0 Å². The van der Waals surface area contributed by atoms with Gasteiger partial charge in [-0.3, -0.25) is 0 Å². The Morgan fingerprint density at radius 3 is 2.53 bits per heavy atom. The fourth-order valence-corrected chi connectivity index (χ4v) is 1.23. The van der Waals surface area contributed by atoms with Gasteiger partial charge in [0.25, 0.3) is 0 Å². The maximum absolute atomic E-state index is 12.6. The van der Waals surface area contributed by atoms with Gasteiger partial charge in [-0.15, -0.1) is 0 Å². The van der Waals surface area contributed by atoms with Crippen molar-refractivity contribution in [1.82, 2.24) is 0 Å². The van der Waals surface area contributed by atoms with Crippen molar-refractivity contribution in [2.24, 2.45) is 0 Å². The molecule has 0 saturated carbocycles. The first kappa shape index (κ1) is 13.1. The molecule has 17 heavy (non-hydrogen) atoms. The molecule has 0 heterocycles. The molecule has 1 rings (SSSR count). The summed E-state index contributed by atoms with van der Waals surface area (Å²) in [5.41, 5.74) is 3.81. The van der Waals surface area contributed by atoms with Gasteiger partial charge in [0, 0.05) is 0 Å². The highest BCUT2D eigenvalue weighted by atomic mass is 19.4. The number of ether oxygens (including phenoxy) is 1. The highest BCUT2D eigenvalue weighted by Gasteiger charge is 2.36. The van der Waals surface area contributed by atoms with Gasteiger partial charge in [-0.05, 0) is 12.1 Å². The second-order valence-corrected chi connectivity index (χ2v) is 3.09. The van der Waals surface area contributed by atoms with Crippen LogP contribution in [-0.4, -0.2) is 18.3 Å². The number of aliphatic hydroxyl groups is 1. The van der Waals surface area contributed by atoms with E-state index in [2.05, 4.69) is 0 Å². The van der Waals surface area contributed by atoms with E-state index in [0.717, 1.165) is 12.1 Å². The van der Waals surface area contributed by atoms with Gasteiger partial charge >= 0.3 is 6.18 Å². The van der Waals surface area contributed by atoms with Crippen LogP contribution < -0.4 is 10.5 Å². The first-order valence-electron chi connectivity index (χ1n) is 4.55. The summed E-state index contributed by atoms with van der Waals surface area (Å²) >= 11 is 0. The quantitative estimate of drug-likeness (QED) is 0.792. The molecule has 0 aliphatic rings. The van der Waals surface area contributed by atoms with Crippen molar-refractivity contribution < 1.29 is 23.0 Å². The maximum atomic E-state index is 12.6. The number of hydrogen-bond acceptors (Lipinski definition) is 4. The molecular weight excluding hydrogens is 237 g/mol. The van der Waals surface area contributed by atoms with Gasteiger partial charge in [0.15, 0.2) is 5.75 Å². The normalized spacial score (nSPS) is 11.0. The number of halogens is 3. The number of hydrogen-bond donors (Lipinski definition) is 2. The van der Waals surface area contributed by atoms with Gasteiger partial charge in [0.05, 0.1) is 17.9 Å². The first-order chi connectivity index (χ1) is 7.91. The van der Waals surface area contributed by atoms with E-state index in [-0.39, 0.29) is 17.9 Å². The van der Waals surface area contributed by atoms with Crippen LogP contribution in [0.4, 0.5) is 18.9 Å². The minimum atomic E-state index is -4.65. The molecule has 0 aliphatic heterocycles. The Kier molecular flexibility index (Phi) is 3.81. The van der Waals surface area contributed by atoms with E-state index < -0.39 is 24.1 Å². The Bertz CT molecular complexity index is 452. The van der Waals surface area contributed by atoms with Crippen LogP contribution in [0.1, 0.15) is 11.1 Å². The molecule has 0 saturated heterocycles. The molecule has 0 bridgehead atoms. The predicted molar refractivity (Wildman–Crippen MR) is 53.2 cm³/mol. The van der Waals surface area contributed by atoms with E-state index in [1.54, 1.807) is 6.07 Å². The fraction of sp³-hybridized carbons (Fsp3) is 0.300. The summed E-state index contributed by atoms with van der Waals surface area (Å²) in [4.78, 5) is 0. The number of nitrogens with two attached hydrogens (primary N) is 1. The third-order valence-electron chi connectivity index (χ3n) is 1.94. The number of aliphatic hydroxyl groups excluding tert-OH is 1. The lowest BCUT2D eigenvalue weighted by atomic mass is 10.1. The van der Waals surface area contributed by atoms with Gasteiger partial charge < -0.3 is 15.6 Å². The maximum Gasteiger partial charge on any atom is 0.420 e. The summed E-state index contributed by atoms with van der Waals surface area (Å²) < 4.78 is 42.6. The summed E-state index contributed by atoms with van der Waals surface area (Å²) in [6.45, 7) is -0.807. The number of benzene rings is 1. The molecule has 7 heteroatoms. The Balaban J connectivity index is 3.36. The van der Waals surface area contributed by atoms with E-state index in [1.165, 1.54) is 0 Å². The second kappa shape index (κ2) is 4.93. The molecule has 0 fully saturated rings. The van der Waals surface area contributed by atoms with E-state index in [0.29, 0.717) is 0 Å². The minimum absolute atomic E-state index is 0.103. The molecular formula is C10H9F3N2O2. The summed E-state index contributed by atoms with van der Waals surface area (Å²) in [6.07, 6.45) is -4.65. The fourth-order valence-electron chi connectivity index (χ4n) is 1.23. The number of alkyl halides is 3. The van der Waals surface area contributed by atoms with Crippen molar-refractivity contribution >= 4 is 5.69 Å². The summed E-state index contributed by atoms with van der Waals surface area (Å²) in [5, 5.41) is 17.3. The van der Waals surface area contributed by atoms with Crippen LogP contribution in [-0.2, 0) is 6.18 Å². The first-order valence-corrected chi connectivity index (χ1v) is 4.55. The predicted octanol–water partition coefficient (Wildman–Crippen LogP) is 1.53. The van der Waals surface area contributed by atoms with Gasteiger partial charge in [0.2, 0.25) is 0 Å². The third kappa shape index (κ3) is 2.79. The Morgan fingerprint density at radius 1 is 1.41 bits per heavy atom. The lowest BCUT2D eigenvalue weighted by molar-refractivity contribution is -0.139. The SMILES string of the molecule is N#Cc1c(N)ccc(C(F)(F)F)c1OCCO. The average molecular weight is 246 g/mol. The molecule has 1 aromatic carbocycles. The zero-order valence-corrected chi connectivity index (χ0v) is 8.58. The van der Waals surface area contributed by atoms with Crippen LogP contribution in [0.15, 0.2) is 12.1 Å². The Labute approximate surface area is 95.0 Å². The summed E-state index contributed by atoms with van der Waals surface area (Å²) in [5.74, 6) is -0.644. The lowest BCUT2D eigenvalue weighted by Gasteiger charge is -2.15. The number of rotatable bonds is 3. The molecule has 0 unspecified atom stereocenters. The zero-order chi connectivity index (χ0) is 13.1.